The third kappa shape index (κ3) is 3.46. The Bertz CT molecular complexity index is 971. The van der Waals surface area contributed by atoms with Crippen molar-refractivity contribution in [2.75, 3.05) is 18.0 Å². The minimum Gasteiger partial charge on any atom is -0.506 e. The van der Waals surface area contributed by atoms with Crippen LogP contribution in [0.5, 0.6) is 5.75 Å². The first-order valence-electron chi connectivity index (χ1n) is 10.7. The van der Waals surface area contributed by atoms with Gasteiger partial charge in [0, 0.05) is 13.1 Å². The van der Waals surface area contributed by atoms with Crippen LogP contribution in [0.1, 0.15) is 40.8 Å². The summed E-state index contributed by atoms with van der Waals surface area (Å²) in [6, 6.07) is 20.1. The van der Waals surface area contributed by atoms with Crippen LogP contribution in [0, 0.1) is 26.7 Å². The monoisotopic (exact) mass is 402 g/mol. The first-order valence-corrected chi connectivity index (χ1v) is 10.7. The highest BCUT2D eigenvalue weighted by Crippen LogP contribution is 2.43. The minimum atomic E-state index is -1.02. The third-order valence-corrected chi connectivity index (χ3v) is 6.68. The van der Waals surface area contributed by atoms with Gasteiger partial charge in [0.15, 0.2) is 0 Å². The molecule has 0 radical (unpaired) electrons. The molecule has 4 nitrogen and oxygen atoms in total. The van der Waals surface area contributed by atoms with E-state index in [-0.39, 0.29) is 11.7 Å². The SMILES string of the molecule is Cc1nc(N2CCC(C(O)(c3ccccc3)c3ccccc3)CC2)c(C)c(C)c1O. The van der Waals surface area contributed by atoms with Gasteiger partial charge in [-0.15, -0.1) is 0 Å². The summed E-state index contributed by atoms with van der Waals surface area (Å²) in [5.74, 6) is 1.34. The molecule has 1 fully saturated rings. The van der Waals surface area contributed by atoms with Crippen LogP contribution < -0.4 is 4.90 Å². The van der Waals surface area contributed by atoms with E-state index in [1.54, 1.807) is 0 Å². The Morgan fingerprint density at radius 1 is 0.833 bits per heavy atom. The highest BCUT2D eigenvalue weighted by Gasteiger charge is 2.41. The average Bonchev–Trinajstić information content (AvgIpc) is 2.81. The number of aromatic nitrogens is 1. The van der Waals surface area contributed by atoms with E-state index in [9.17, 15) is 10.2 Å². The molecule has 0 aliphatic carbocycles. The molecule has 4 heteroatoms. The van der Waals surface area contributed by atoms with Crippen LogP contribution in [0.15, 0.2) is 60.7 Å². The van der Waals surface area contributed by atoms with Crippen molar-refractivity contribution in [3.63, 3.8) is 0 Å². The van der Waals surface area contributed by atoms with Gasteiger partial charge in [0.05, 0.1) is 5.69 Å². The summed E-state index contributed by atoms with van der Waals surface area (Å²) in [7, 11) is 0. The van der Waals surface area contributed by atoms with Crippen LogP contribution in [-0.2, 0) is 5.60 Å². The molecule has 4 rings (SSSR count). The maximum atomic E-state index is 12.0. The van der Waals surface area contributed by atoms with Crippen molar-refractivity contribution in [2.24, 2.45) is 5.92 Å². The second kappa shape index (κ2) is 8.11. The van der Waals surface area contributed by atoms with E-state index >= 15 is 0 Å². The third-order valence-electron chi connectivity index (χ3n) is 6.68. The Balaban J connectivity index is 1.63. The van der Waals surface area contributed by atoms with Crippen molar-refractivity contribution in [2.45, 2.75) is 39.2 Å². The molecule has 3 aromatic rings. The van der Waals surface area contributed by atoms with Crippen LogP contribution in [0.2, 0.25) is 0 Å². The maximum absolute atomic E-state index is 12.0. The molecule has 2 heterocycles. The van der Waals surface area contributed by atoms with Crippen molar-refractivity contribution in [1.29, 1.82) is 0 Å². The fourth-order valence-corrected chi connectivity index (χ4v) is 4.75. The number of aromatic hydroxyl groups is 1. The van der Waals surface area contributed by atoms with Gasteiger partial charge in [-0.25, -0.2) is 4.98 Å². The second-order valence-corrected chi connectivity index (χ2v) is 8.38. The normalized spacial score (nSPS) is 15.4. The lowest BCUT2D eigenvalue weighted by molar-refractivity contribution is 0.00499. The van der Waals surface area contributed by atoms with Gasteiger partial charge < -0.3 is 15.1 Å². The minimum absolute atomic E-state index is 0.109. The second-order valence-electron chi connectivity index (χ2n) is 8.38. The Kier molecular flexibility index (Phi) is 5.52. The molecular weight excluding hydrogens is 372 g/mol. The molecule has 2 N–H and O–H groups in total. The first kappa shape index (κ1) is 20.4. The highest BCUT2D eigenvalue weighted by atomic mass is 16.3. The quantitative estimate of drug-likeness (QED) is 0.654. The molecule has 1 saturated heterocycles. The number of hydrogen-bond acceptors (Lipinski definition) is 4. The lowest BCUT2D eigenvalue weighted by Gasteiger charge is -2.43. The first-order chi connectivity index (χ1) is 14.4. The summed E-state index contributed by atoms with van der Waals surface area (Å²) in [6.45, 7) is 7.46. The van der Waals surface area contributed by atoms with E-state index in [4.69, 9.17) is 0 Å². The summed E-state index contributed by atoms with van der Waals surface area (Å²) in [6.07, 6.45) is 1.72. The maximum Gasteiger partial charge on any atom is 0.140 e. The molecule has 1 aliphatic rings. The van der Waals surface area contributed by atoms with E-state index in [1.807, 2.05) is 81.4 Å². The molecule has 0 saturated carbocycles. The fraction of sp³-hybridized carbons (Fsp3) is 0.346. The number of aryl methyl sites for hydroxylation is 1. The van der Waals surface area contributed by atoms with E-state index in [1.165, 1.54) is 0 Å². The largest absolute Gasteiger partial charge is 0.506 e. The number of piperidine rings is 1. The van der Waals surface area contributed by atoms with Crippen LogP contribution in [0.25, 0.3) is 0 Å². The van der Waals surface area contributed by atoms with Crippen LogP contribution in [0.4, 0.5) is 5.82 Å². The fourth-order valence-electron chi connectivity index (χ4n) is 4.75. The van der Waals surface area contributed by atoms with Gasteiger partial charge >= 0.3 is 0 Å². The smallest absolute Gasteiger partial charge is 0.140 e. The van der Waals surface area contributed by atoms with Crippen molar-refractivity contribution < 1.29 is 10.2 Å². The molecule has 0 unspecified atom stereocenters. The molecule has 0 bridgehead atoms. The Morgan fingerprint density at radius 2 is 1.33 bits per heavy atom. The average molecular weight is 403 g/mol. The Morgan fingerprint density at radius 3 is 1.83 bits per heavy atom. The summed E-state index contributed by atoms with van der Waals surface area (Å²) < 4.78 is 0. The van der Waals surface area contributed by atoms with Crippen LogP contribution in [-0.4, -0.2) is 28.3 Å². The lowest BCUT2D eigenvalue weighted by Crippen LogP contribution is -2.44. The predicted octanol–water partition coefficient (Wildman–Crippen LogP) is 4.86. The van der Waals surface area contributed by atoms with E-state index in [0.29, 0.717) is 5.69 Å². The predicted molar refractivity (Wildman–Crippen MR) is 121 cm³/mol. The van der Waals surface area contributed by atoms with Gasteiger partial charge in [-0.1, -0.05) is 60.7 Å². The molecule has 0 spiro atoms. The number of rotatable bonds is 4. The zero-order valence-corrected chi connectivity index (χ0v) is 18.0. The zero-order chi connectivity index (χ0) is 21.3. The molecular formula is C26H30N2O2. The van der Waals surface area contributed by atoms with Crippen molar-refractivity contribution >= 4 is 5.82 Å². The Hall–Kier alpha value is -2.85. The lowest BCUT2D eigenvalue weighted by atomic mass is 9.72. The van der Waals surface area contributed by atoms with Gasteiger partial charge in [-0.3, -0.25) is 0 Å². The molecule has 0 atom stereocenters. The van der Waals surface area contributed by atoms with Gasteiger partial charge in [0.1, 0.15) is 17.2 Å². The summed E-state index contributed by atoms with van der Waals surface area (Å²) in [5.41, 5.74) is 3.46. The molecule has 1 aromatic heterocycles. The van der Waals surface area contributed by atoms with E-state index in [2.05, 4.69) is 9.88 Å². The number of hydrogen-bond donors (Lipinski definition) is 2. The number of nitrogens with zero attached hydrogens (tertiary/aromatic N) is 2. The van der Waals surface area contributed by atoms with Gasteiger partial charge in [0.2, 0.25) is 0 Å². The van der Waals surface area contributed by atoms with Crippen molar-refractivity contribution in [3.05, 3.63) is 88.6 Å². The Labute approximate surface area is 178 Å². The van der Waals surface area contributed by atoms with E-state index in [0.717, 1.165) is 54.0 Å². The standard InChI is InChI=1S/C26H30N2O2/c1-18-19(2)25(27-20(3)24(18)29)28-16-14-23(15-17-28)26(30,21-10-6-4-7-11-21)22-12-8-5-9-13-22/h4-13,23,29-30H,14-17H2,1-3H3. The number of pyridine rings is 1. The molecule has 156 valence electrons. The number of anilines is 1. The van der Waals surface area contributed by atoms with Crippen molar-refractivity contribution in [3.8, 4) is 5.75 Å². The van der Waals surface area contributed by atoms with Gasteiger partial charge in [-0.05, 0) is 61.8 Å². The number of aliphatic hydroxyl groups is 1. The highest BCUT2D eigenvalue weighted by molar-refractivity contribution is 5.56. The summed E-state index contributed by atoms with van der Waals surface area (Å²) in [4.78, 5) is 6.97. The molecule has 30 heavy (non-hydrogen) atoms. The molecule has 2 aromatic carbocycles. The van der Waals surface area contributed by atoms with Gasteiger partial charge in [0.25, 0.3) is 0 Å². The topological polar surface area (TPSA) is 56.6 Å². The zero-order valence-electron chi connectivity index (χ0n) is 18.0. The molecule has 1 aliphatic heterocycles. The number of benzene rings is 2. The van der Waals surface area contributed by atoms with Crippen LogP contribution in [0.3, 0.4) is 0 Å². The van der Waals surface area contributed by atoms with E-state index < -0.39 is 5.60 Å². The van der Waals surface area contributed by atoms with Crippen LogP contribution >= 0.6 is 0 Å². The molecule has 0 amide bonds. The summed E-state index contributed by atoms with van der Waals surface area (Å²) >= 11 is 0. The van der Waals surface area contributed by atoms with Gasteiger partial charge in [-0.2, -0.15) is 0 Å². The summed E-state index contributed by atoms with van der Waals surface area (Å²) in [5, 5.41) is 22.2. The van der Waals surface area contributed by atoms with Crippen molar-refractivity contribution in [1.82, 2.24) is 4.98 Å².